The summed E-state index contributed by atoms with van der Waals surface area (Å²) in [6.45, 7) is 1.50. The Morgan fingerprint density at radius 2 is 2.17 bits per heavy atom. The Balaban J connectivity index is 1.60. The highest BCUT2D eigenvalue weighted by Crippen LogP contribution is 2.28. The zero-order chi connectivity index (χ0) is 17.3. The van der Waals surface area contributed by atoms with Crippen LogP contribution in [0.1, 0.15) is 6.42 Å². The zero-order valence-corrected chi connectivity index (χ0v) is 13.0. The lowest BCUT2D eigenvalue weighted by molar-refractivity contribution is -0.126. The molecule has 0 radical (unpaired) electrons. The van der Waals surface area contributed by atoms with E-state index in [0.29, 0.717) is 25.7 Å². The summed E-state index contributed by atoms with van der Waals surface area (Å²) in [5.41, 5.74) is -0.0212. The Hall–Kier alpha value is -2.06. The predicted octanol–water partition coefficient (Wildman–Crippen LogP) is 0.0142. The summed E-state index contributed by atoms with van der Waals surface area (Å²) in [6, 6.07) is 2.99. The summed E-state index contributed by atoms with van der Waals surface area (Å²) in [5, 5.41) is 15.5. The lowest BCUT2D eigenvalue weighted by Crippen LogP contribution is -2.38. The maximum absolute atomic E-state index is 13.8. The van der Waals surface area contributed by atoms with Gasteiger partial charge in [-0.1, -0.05) is 0 Å². The van der Waals surface area contributed by atoms with Gasteiger partial charge < -0.3 is 20.6 Å². The molecule has 1 aromatic rings. The van der Waals surface area contributed by atoms with E-state index >= 15 is 0 Å². The smallest absolute Gasteiger partial charge is 0.227 e. The summed E-state index contributed by atoms with van der Waals surface area (Å²) >= 11 is 0. The number of halogens is 2. The first-order valence-electron chi connectivity index (χ1n) is 7.87. The normalized spacial score (nSPS) is 26.9. The van der Waals surface area contributed by atoms with Crippen molar-refractivity contribution in [1.82, 2.24) is 10.6 Å². The lowest BCUT2D eigenvalue weighted by atomic mass is 10.0. The number of aliphatic hydroxyl groups excluding tert-OH is 1. The van der Waals surface area contributed by atoms with E-state index < -0.39 is 23.7 Å². The average Bonchev–Trinajstić information content (AvgIpc) is 3.11. The van der Waals surface area contributed by atoms with Crippen molar-refractivity contribution < 1.29 is 23.5 Å². The van der Waals surface area contributed by atoms with Gasteiger partial charge in [-0.15, -0.1) is 0 Å². The van der Waals surface area contributed by atoms with Crippen molar-refractivity contribution in [3.05, 3.63) is 29.8 Å². The Kier molecular flexibility index (Phi) is 4.77. The van der Waals surface area contributed by atoms with E-state index in [-0.39, 0.29) is 36.4 Å². The summed E-state index contributed by atoms with van der Waals surface area (Å²) in [4.78, 5) is 25.5. The first-order chi connectivity index (χ1) is 11.5. The summed E-state index contributed by atoms with van der Waals surface area (Å²) < 4.78 is 26.8. The zero-order valence-electron chi connectivity index (χ0n) is 13.0. The van der Waals surface area contributed by atoms with Crippen LogP contribution in [0.5, 0.6) is 0 Å². The molecule has 0 saturated carbocycles. The number of benzene rings is 1. The molecule has 3 atom stereocenters. The summed E-state index contributed by atoms with van der Waals surface area (Å²) in [6.07, 6.45) is -0.519. The highest BCUT2D eigenvalue weighted by Gasteiger charge is 2.36. The number of nitrogens with zero attached hydrogens (tertiary/aromatic N) is 1. The second-order valence-corrected chi connectivity index (χ2v) is 6.23. The number of amides is 2. The molecule has 0 bridgehead atoms. The molecule has 8 heteroatoms. The highest BCUT2D eigenvalue weighted by atomic mass is 19.1. The molecule has 24 heavy (non-hydrogen) atoms. The van der Waals surface area contributed by atoms with Crippen LogP contribution in [-0.2, 0) is 9.59 Å². The van der Waals surface area contributed by atoms with Gasteiger partial charge in [0.05, 0.1) is 17.7 Å². The molecule has 2 aliphatic rings. The van der Waals surface area contributed by atoms with E-state index in [1.54, 1.807) is 0 Å². The molecule has 1 aromatic carbocycles. The topological polar surface area (TPSA) is 81.7 Å². The number of rotatable bonds is 4. The lowest BCUT2D eigenvalue weighted by Gasteiger charge is -2.18. The Morgan fingerprint density at radius 1 is 1.38 bits per heavy atom. The second kappa shape index (κ2) is 6.82. The van der Waals surface area contributed by atoms with E-state index in [9.17, 15) is 23.5 Å². The van der Waals surface area contributed by atoms with Crippen LogP contribution in [0.15, 0.2) is 18.2 Å². The molecule has 2 saturated heterocycles. The molecular formula is C16H19F2N3O3. The minimum absolute atomic E-state index is 0.0197. The van der Waals surface area contributed by atoms with Gasteiger partial charge in [0.2, 0.25) is 11.8 Å². The third-order valence-corrected chi connectivity index (χ3v) is 4.54. The number of hydrogen-bond donors (Lipinski definition) is 3. The van der Waals surface area contributed by atoms with Crippen molar-refractivity contribution >= 4 is 17.5 Å². The number of carbonyl (C=O) groups is 2. The molecule has 3 N–H and O–H groups in total. The van der Waals surface area contributed by atoms with Crippen LogP contribution in [-0.4, -0.2) is 49.2 Å². The van der Waals surface area contributed by atoms with Gasteiger partial charge in [0.1, 0.15) is 11.6 Å². The molecule has 0 aromatic heterocycles. The number of nitrogens with one attached hydrogen (secondary N) is 2. The quantitative estimate of drug-likeness (QED) is 0.722. The van der Waals surface area contributed by atoms with Crippen LogP contribution in [0.4, 0.5) is 14.5 Å². The minimum Gasteiger partial charge on any atom is -0.391 e. The molecule has 0 spiro atoms. The fourth-order valence-electron chi connectivity index (χ4n) is 3.12. The first kappa shape index (κ1) is 16.8. The standard InChI is InChI=1S/C16H19F2N3O3/c17-11-1-2-13(12(18)4-11)21-8-9(3-15(21)23)16(24)20-6-10-5-19-7-14(10)22/h1-2,4,9-10,14,19,22H,3,5-8H2,(H,20,24). The van der Waals surface area contributed by atoms with Crippen LogP contribution < -0.4 is 15.5 Å². The fourth-order valence-corrected chi connectivity index (χ4v) is 3.12. The predicted molar refractivity (Wildman–Crippen MR) is 82.2 cm³/mol. The summed E-state index contributed by atoms with van der Waals surface area (Å²) in [5.74, 6) is -2.87. The number of anilines is 1. The van der Waals surface area contributed by atoms with Crippen LogP contribution >= 0.6 is 0 Å². The van der Waals surface area contributed by atoms with Gasteiger partial charge in [-0.05, 0) is 12.1 Å². The van der Waals surface area contributed by atoms with Gasteiger partial charge >= 0.3 is 0 Å². The van der Waals surface area contributed by atoms with Crippen LogP contribution in [0, 0.1) is 23.5 Å². The molecular weight excluding hydrogens is 320 g/mol. The Labute approximate surface area is 137 Å². The van der Waals surface area contributed by atoms with E-state index in [1.807, 2.05) is 0 Å². The fraction of sp³-hybridized carbons (Fsp3) is 0.500. The maximum Gasteiger partial charge on any atom is 0.227 e. The van der Waals surface area contributed by atoms with Crippen molar-refractivity contribution in [2.45, 2.75) is 12.5 Å². The van der Waals surface area contributed by atoms with E-state index in [4.69, 9.17) is 0 Å². The van der Waals surface area contributed by atoms with E-state index in [2.05, 4.69) is 10.6 Å². The number of carbonyl (C=O) groups excluding carboxylic acids is 2. The molecule has 2 heterocycles. The van der Waals surface area contributed by atoms with Crippen molar-refractivity contribution in [1.29, 1.82) is 0 Å². The number of hydrogen-bond acceptors (Lipinski definition) is 4. The number of aliphatic hydroxyl groups is 1. The van der Waals surface area contributed by atoms with Crippen molar-refractivity contribution in [3.8, 4) is 0 Å². The minimum atomic E-state index is -0.829. The van der Waals surface area contributed by atoms with Gasteiger partial charge in [-0.3, -0.25) is 9.59 Å². The third-order valence-electron chi connectivity index (χ3n) is 4.54. The SMILES string of the molecule is O=C(NCC1CNCC1O)C1CC(=O)N(c2ccc(F)cc2F)C1. The van der Waals surface area contributed by atoms with Gasteiger partial charge in [-0.2, -0.15) is 0 Å². The molecule has 2 aliphatic heterocycles. The van der Waals surface area contributed by atoms with Gasteiger partial charge in [0.25, 0.3) is 0 Å². The maximum atomic E-state index is 13.8. The molecule has 2 fully saturated rings. The van der Waals surface area contributed by atoms with E-state index in [1.165, 1.54) is 11.0 Å². The van der Waals surface area contributed by atoms with Gasteiger partial charge in [0, 0.05) is 44.6 Å². The van der Waals surface area contributed by atoms with Crippen LogP contribution in [0.25, 0.3) is 0 Å². The first-order valence-corrected chi connectivity index (χ1v) is 7.87. The van der Waals surface area contributed by atoms with Crippen LogP contribution in [0.3, 0.4) is 0 Å². The van der Waals surface area contributed by atoms with Crippen molar-refractivity contribution in [3.63, 3.8) is 0 Å². The highest BCUT2D eigenvalue weighted by molar-refractivity contribution is 6.00. The molecule has 3 unspecified atom stereocenters. The number of β-amino-alcohol motifs (C(OH)–C–C–N with tert-alkyl or cyclic N) is 1. The molecule has 130 valence electrons. The molecule has 3 rings (SSSR count). The van der Waals surface area contributed by atoms with Gasteiger partial charge in [0.15, 0.2) is 0 Å². The average molecular weight is 339 g/mol. The van der Waals surface area contributed by atoms with Crippen LogP contribution in [0.2, 0.25) is 0 Å². The molecule has 6 nitrogen and oxygen atoms in total. The Morgan fingerprint density at radius 3 is 2.83 bits per heavy atom. The third kappa shape index (κ3) is 3.39. The molecule has 0 aliphatic carbocycles. The Bertz CT molecular complexity index is 655. The van der Waals surface area contributed by atoms with Crippen molar-refractivity contribution in [2.75, 3.05) is 31.1 Å². The van der Waals surface area contributed by atoms with E-state index in [0.717, 1.165) is 6.07 Å². The second-order valence-electron chi connectivity index (χ2n) is 6.23. The molecule has 2 amide bonds. The monoisotopic (exact) mass is 339 g/mol. The van der Waals surface area contributed by atoms with Crippen molar-refractivity contribution in [2.24, 2.45) is 11.8 Å². The van der Waals surface area contributed by atoms with Gasteiger partial charge in [-0.25, -0.2) is 8.78 Å². The summed E-state index contributed by atoms with van der Waals surface area (Å²) in [7, 11) is 0. The largest absolute Gasteiger partial charge is 0.391 e.